The third kappa shape index (κ3) is 6.19. The minimum atomic E-state index is -5.47. The molecule has 0 saturated heterocycles. The van der Waals surface area contributed by atoms with Gasteiger partial charge in [-0.15, -0.1) is 0 Å². The predicted octanol–water partition coefficient (Wildman–Crippen LogP) is 3.27. The van der Waals surface area contributed by atoms with E-state index in [1.54, 1.807) is 0 Å². The summed E-state index contributed by atoms with van der Waals surface area (Å²) in [5.74, 6) is -7.63. The number of alkyl halides is 3. The summed E-state index contributed by atoms with van der Waals surface area (Å²) in [4.78, 5) is 33.7. The predicted molar refractivity (Wildman–Crippen MR) is 107 cm³/mol. The maximum Gasteiger partial charge on any atom is 0.451 e. The Bertz CT molecular complexity index is 1200. The molecule has 1 unspecified atom stereocenters. The molecule has 33 heavy (non-hydrogen) atoms. The molecule has 0 aliphatic carbocycles. The molecule has 14 heteroatoms. The van der Waals surface area contributed by atoms with Crippen LogP contribution >= 0.6 is 0 Å². The molecule has 2 rings (SSSR count). The lowest BCUT2D eigenvalue weighted by Crippen LogP contribution is -2.35. The van der Waals surface area contributed by atoms with Gasteiger partial charge in [-0.3, -0.25) is 24.4 Å². The van der Waals surface area contributed by atoms with E-state index in [-0.39, 0.29) is 0 Å². The number of aromatic hydroxyl groups is 1. The summed E-state index contributed by atoms with van der Waals surface area (Å²) in [5, 5.41) is 20.9. The lowest BCUT2D eigenvalue weighted by molar-refractivity contribution is -0.385. The zero-order valence-electron chi connectivity index (χ0n) is 17.0. The van der Waals surface area contributed by atoms with Crippen LogP contribution in [0.4, 0.5) is 24.5 Å². The number of halogens is 3. The fraction of sp³-hybridized carbons (Fsp3) is 0.263. The Morgan fingerprint density at radius 3 is 2.33 bits per heavy atom. The van der Waals surface area contributed by atoms with E-state index in [1.165, 1.54) is 13.8 Å². The van der Waals surface area contributed by atoms with Gasteiger partial charge in [-0.25, -0.2) is 8.42 Å². The molecule has 0 aliphatic rings. The molecule has 0 radical (unpaired) electrons. The number of esters is 1. The summed E-state index contributed by atoms with van der Waals surface area (Å²) in [7, 11) is -4.47. The molecule has 2 aromatic carbocycles. The lowest BCUT2D eigenvalue weighted by Gasteiger charge is -2.20. The Hall–Kier alpha value is -3.68. The van der Waals surface area contributed by atoms with Gasteiger partial charge in [0.15, 0.2) is 5.92 Å². The molecule has 0 saturated carbocycles. The van der Waals surface area contributed by atoms with Crippen LogP contribution in [0.1, 0.15) is 25.3 Å². The molecule has 0 bridgehead atoms. The van der Waals surface area contributed by atoms with E-state index < -0.39 is 72.5 Å². The highest BCUT2D eigenvalue weighted by Crippen LogP contribution is 2.36. The monoisotopic (exact) mass is 490 g/mol. The number of ketones is 1. The van der Waals surface area contributed by atoms with Gasteiger partial charge in [0.25, 0.3) is 21.5 Å². The molecule has 0 aliphatic heterocycles. The maximum atomic E-state index is 13.1. The summed E-state index contributed by atoms with van der Waals surface area (Å²) in [6.07, 6.45) is -6.36. The first-order chi connectivity index (χ1) is 15.1. The quantitative estimate of drug-likeness (QED) is 0.188. The second-order valence-corrected chi connectivity index (χ2v) is 8.60. The first-order valence-electron chi connectivity index (χ1n) is 9.05. The van der Waals surface area contributed by atoms with Crippen molar-refractivity contribution in [2.45, 2.75) is 36.9 Å². The molecule has 178 valence electrons. The second kappa shape index (κ2) is 9.44. The zero-order chi connectivity index (χ0) is 25.1. The SMILES string of the molecule is CC(C)OC(=O)C(C(=O)C(F)(F)F)c1cc(NS(=O)(=O)c2cccc([N+](=O)[O-])c2)ccc1O. The maximum absolute atomic E-state index is 13.1. The summed E-state index contributed by atoms with van der Waals surface area (Å²) in [6.45, 7) is 2.66. The normalized spacial score (nSPS) is 12.8. The van der Waals surface area contributed by atoms with Crippen molar-refractivity contribution in [2.75, 3.05) is 4.72 Å². The molecular formula is C19H17F3N2O8S. The average Bonchev–Trinajstić information content (AvgIpc) is 2.69. The Balaban J connectivity index is 2.52. The van der Waals surface area contributed by atoms with E-state index in [9.17, 15) is 46.4 Å². The number of rotatable bonds is 8. The van der Waals surface area contributed by atoms with Gasteiger partial charge in [0.1, 0.15) is 5.75 Å². The number of phenolic OH excluding ortho intramolecular Hbond substituents is 1. The highest BCUT2D eigenvalue weighted by molar-refractivity contribution is 7.92. The van der Waals surface area contributed by atoms with E-state index >= 15 is 0 Å². The number of carbonyl (C=O) groups is 2. The first kappa shape index (κ1) is 25.6. The molecule has 0 amide bonds. The number of Topliss-reactive ketones (excluding diaryl/α,β-unsaturated/α-hetero) is 1. The topological polar surface area (TPSA) is 153 Å². The van der Waals surface area contributed by atoms with Crippen LogP contribution in [0.15, 0.2) is 47.4 Å². The number of anilines is 1. The van der Waals surface area contributed by atoms with Gasteiger partial charge < -0.3 is 9.84 Å². The van der Waals surface area contributed by atoms with Crippen LogP contribution in [0.5, 0.6) is 5.75 Å². The van der Waals surface area contributed by atoms with Crippen LogP contribution < -0.4 is 4.72 Å². The Morgan fingerprint density at radius 1 is 1.15 bits per heavy atom. The molecule has 0 fully saturated rings. The fourth-order valence-electron chi connectivity index (χ4n) is 2.67. The minimum absolute atomic E-state index is 0.424. The summed E-state index contributed by atoms with van der Waals surface area (Å²) in [5.41, 5.74) is -1.80. The number of nitro groups is 1. The number of benzene rings is 2. The van der Waals surface area contributed by atoms with Crippen molar-refractivity contribution >= 4 is 33.2 Å². The Kier molecular flexibility index (Phi) is 7.32. The van der Waals surface area contributed by atoms with Crippen LogP contribution in [-0.2, 0) is 24.3 Å². The number of hydrogen-bond donors (Lipinski definition) is 2. The molecule has 10 nitrogen and oxygen atoms in total. The number of non-ortho nitro benzene ring substituents is 1. The molecule has 2 aromatic rings. The second-order valence-electron chi connectivity index (χ2n) is 6.91. The number of nitrogens with zero attached hydrogens (tertiary/aromatic N) is 1. The van der Waals surface area contributed by atoms with Gasteiger partial charge in [-0.2, -0.15) is 13.2 Å². The lowest BCUT2D eigenvalue weighted by atomic mass is 9.93. The summed E-state index contributed by atoms with van der Waals surface area (Å²) in [6, 6.07) is 6.34. The van der Waals surface area contributed by atoms with Gasteiger partial charge in [0.05, 0.1) is 15.9 Å². The fourth-order valence-corrected chi connectivity index (χ4v) is 3.76. The van der Waals surface area contributed by atoms with Gasteiger partial charge >= 0.3 is 12.1 Å². The van der Waals surface area contributed by atoms with Gasteiger partial charge in [-0.1, -0.05) is 6.07 Å². The van der Waals surface area contributed by atoms with Crippen molar-refractivity contribution in [2.24, 2.45) is 0 Å². The van der Waals surface area contributed by atoms with Crippen LogP contribution in [0.2, 0.25) is 0 Å². The smallest absolute Gasteiger partial charge is 0.451 e. The number of nitrogens with one attached hydrogen (secondary N) is 1. The van der Waals surface area contributed by atoms with Crippen molar-refractivity contribution in [3.8, 4) is 5.75 Å². The number of sulfonamides is 1. The highest BCUT2D eigenvalue weighted by atomic mass is 32.2. The molecule has 2 N–H and O–H groups in total. The van der Waals surface area contributed by atoms with E-state index in [0.717, 1.165) is 36.4 Å². The van der Waals surface area contributed by atoms with Gasteiger partial charge in [0, 0.05) is 23.4 Å². The van der Waals surface area contributed by atoms with Crippen LogP contribution in [-0.4, -0.2) is 42.5 Å². The molecule has 0 heterocycles. The van der Waals surface area contributed by atoms with Crippen LogP contribution in [0, 0.1) is 10.1 Å². The average molecular weight is 490 g/mol. The van der Waals surface area contributed by atoms with E-state index in [0.29, 0.717) is 6.07 Å². The minimum Gasteiger partial charge on any atom is -0.508 e. The Morgan fingerprint density at radius 2 is 1.79 bits per heavy atom. The van der Waals surface area contributed by atoms with Crippen molar-refractivity contribution in [3.63, 3.8) is 0 Å². The van der Waals surface area contributed by atoms with Gasteiger partial charge in [0.2, 0.25) is 0 Å². The van der Waals surface area contributed by atoms with E-state index in [2.05, 4.69) is 0 Å². The molecule has 0 spiro atoms. The third-order valence-electron chi connectivity index (χ3n) is 4.06. The summed E-state index contributed by atoms with van der Waals surface area (Å²) >= 11 is 0. The number of ether oxygens (including phenoxy) is 1. The third-order valence-corrected chi connectivity index (χ3v) is 5.44. The first-order valence-corrected chi connectivity index (χ1v) is 10.5. The van der Waals surface area contributed by atoms with Crippen molar-refractivity contribution in [1.82, 2.24) is 0 Å². The summed E-state index contributed by atoms with van der Waals surface area (Å²) < 4.78 is 71.2. The molecule has 1 atom stereocenters. The highest BCUT2D eigenvalue weighted by Gasteiger charge is 2.48. The van der Waals surface area contributed by atoms with Crippen molar-refractivity contribution < 1.29 is 45.9 Å². The molecule has 0 aromatic heterocycles. The van der Waals surface area contributed by atoms with E-state index in [4.69, 9.17) is 4.74 Å². The van der Waals surface area contributed by atoms with E-state index in [1.807, 2.05) is 4.72 Å². The van der Waals surface area contributed by atoms with Gasteiger partial charge in [-0.05, 0) is 38.1 Å². The number of carbonyl (C=O) groups excluding carboxylic acids is 2. The van der Waals surface area contributed by atoms with Crippen LogP contribution in [0.3, 0.4) is 0 Å². The van der Waals surface area contributed by atoms with Crippen molar-refractivity contribution in [1.29, 1.82) is 0 Å². The number of nitro benzene ring substituents is 1. The largest absolute Gasteiger partial charge is 0.508 e. The Labute approximate surface area is 185 Å². The zero-order valence-corrected chi connectivity index (χ0v) is 17.8. The molecular weight excluding hydrogens is 473 g/mol. The van der Waals surface area contributed by atoms with Crippen LogP contribution in [0.25, 0.3) is 0 Å². The number of phenols is 1. The van der Waals surface area contributed by atoms with Crippen molar-refractivity contribution in [3.05, 3.63) is 58.1 Å². The number of hydrogen-bond acceptors (Lipinski definition) is 8. The standard InChI is InChI=1S/C19H17F3N2O8S/c1-10(2)32-18(27)16(17(26)19(20,21)22)14-8-11(6-7-15(14)25)23-33(30,31)13-5-3-4-12(9-13)24(28)29/h3-10,16,23,25H,1-2H3.